The largest absolute Gasteiger partial charge is 0.382 e. The first kappa shape index (κ1) is 18.1. The van der Waals surface area contributed by atoms with Gasteiger partial charge in [0, 0.05) is 18.3 Å². The molecule has 0 saturated heterocycles. The molecule has 0 aromatic heterocycles. The Bertz CT molecular complexity index is 530. The molecule has 3 heteroatoms. The first-order chi connectivity index (χ1) is 10.6. The molecular formula is C19H28N2O. The summed E-state index contributed by atoms with van der Waals surface area (Å²) < 4.78 is 0. The molecule has 0 aliphatic rings. The minimum Gasteiger partial charge on any atom is -0.382 e. The zero-order valence-electron chi connectivity index (χ0n) is 14.2. The minimum atomic E-state index is 0.840. The Balaban J connectivity index is 3.04. The third-order valence-electron chi connectivity index (χ3n) is 3.29. The predicted octanol–water partition coefficient (Wildman–Crippen LogP) is 4.32. The number of hydrogen-bond donors (Lipinski definition) is 1. The van der Waals surface area contributed by atoms with Crippen LogP contribution in [-0.4, -0.2) is 25.5 Å². The molecule has 120 valence electrons. The smallest absolute Gasteiger partial charge is 0.162 e. The lowest BCUT2D eigenvalue weighted by atomic mass is 9.96. The maximum absolute atomic E-state index is 5.73. The molecule has 0 atom stereocenters. The Kier molecular flexibility index (Phi) is 8.08. The Morgan fingerprint density at radius 2 is 2.14 bits per heavy atom. The van der Waals surface area contributed by atoms with E-state index in [-0.39, 0.29) is 0 Å². The van der Waals surface area contributed by atoms with Gasteiger partial charge >= 0.3 is 0 Å². The monoisotopic (exact) mass is 300 g/mol. The molecule has 3 nitrogen and oxygen atoms in total. The highest BCUT2D eigenvalue weighted by atomic mass is 16.6. The zero-order valence-corrected chi connectivity index (χ0v) is 14.2. The van der Waals surface area contributed by atoms with E-state index < -0.39 is 0 Å². The van der Waals surface area contributed by atoms with Gasteiger partial charge in [-0.05, 0) is 51.1 Å². The normalized spacial score (nSPS) is 12.0. The summed E-state index contributed by atoms with van der Waals surface area (Å²) in [5, 5.41) is 0. The molecular weight excluding hydrogens is 272 g/mol. The average molecular weight is 300 g/mol. The van der Waals surface area contributed by atoms with Crippen LogP contribution >= 0.6 is 0 Å². The molecule has 0 aliphatic carbocycles. The molecule has 0 radical (unpaired) electrons. The van der Waals surface area contributed by atoms with Crippen molar-refractivity contribution in [3.63, 3.8) is 0 Å². The van der Waals surface area contributed by atoms with Gasteiger partial charge in [0.05, 0.1) is 0 Å². The number of aryl methyl sites for hydroxylation is 1. The molecule has 0 aliphatic heterocycles. The van der Waals surface area contributed by atoms with E-state index in [0.717, 1.165) is 30.7 Å². The molecule has 1 aromatic rings. The fourth-order valence-corrected chi connectivity index (χ4v) is 2.18. The van der Waals surface area contributed by atoms with Crippen LogP contribution < -0.4 is 10.3 Å². The molecule has 0 heterocycles. The van der Waals surface area contributed by atoms with E-state index in [1.165, 1.54) is 11.1 Å². The van der Waals surface area contributed by atoms with Crippen LogP contribution in [0.4, 0.5) is 0 Å². The number of hydroxylamine groups is 1. The molecule has 0 saturated carbocycles. The second-order valence-electron chi connectivity index (χ2n) is 5.46. The number of allylic oxidation sites excluding steroid dienone is 3. The maximum Gasteiger partial charge on any atom is 0.162 e. The summed E-state index contributed by atoms with van der Waals surface area (Å²) in [6, 6.07) is 6.11. The number of nitrogens with zero attached hydrogens (tertiary/aromatic N) is 1. The van der Waals surface area contributed by atoms with Gasteiger partial charge in [0.15, 0.2) is 5.75 Å². The zero-order chi connectivity index (χ0) is 16.4. The number of nitrogens with one attached hydrogen (secondary N) is 1. The van der Waals surface area contributed by atoms with Gasteiger partial charge in [-0.1, -0.05) is 43.9 Å². The van der Waals surface area contributed by atoms with Crippen LogP contribution in [0.15, 0.2) is 49.2 Å². The van der Waals surface area contributed by atoms with Gasteiger partial charge in [-0.2, -0.15) is 0 Å². The lowest BCUT2D eigenvalue weighted by Gasteiger charge is -2.17. The van der Waals surface area contributed by atoms with Gasteiger partial charge in [0.1, 0.15) is 0 Å². The van der Waals surface area contributed by atoms with Crippen molar-refractivity contribution in [2.75, 3.05) is 20.6 Å². The van der Waals surface area contributed by atoms with Crippen LogP contribution in [0.25, 0.3) is 5.57 Å². The second kappa shape index (κ2) is 9.85. The van der Waals surface area contributed by atoms with E-state index in [1.807, 2.05) is 30.5 Å². The van der Waals surface area contributed by atoms with Crippen molar-refractivity contribution < 1.29 is 4.84 Å². The molecule has 1 N–H and O–H groups in total. The Morgan fingerprint density at radius 3 is 2.77 bits per heavy atom. The molecule has 1 aromatic carbocycles. The van der Waals surface area contributed by atoms with E-state index in [2.05, 4.69) is 57.0 Å². The molecule has 0 unspecified atom stereocenters. The van der Waals surface area contributed by atoms with E-state index >= 15 is 0 Å². The van der Waals surface area contributed by atoms with Crippen molar-refractivity contribution in [1.82, 2.24) is 10.4 Å². The number of hydrogen-bond acceptors (Lipinski definition) is 3. The maximum atomic E-state index is 5.73. The van der Waals surface area contributed by atoms with Gasteiger partial charge in [-0.15, -0.1) is 0 Å². The van der Waals surface area contributed by atoms with Crippen LogP contribution in [0, 0.1) is 6.92 Å². The van der Waals surface area contributed by atoms with Crippen LogP contribution in [-0.2, 0) is 0 Å². The Labute approximate surface area is 134 Å². The summed E-state index contributed by atoms with van der Waals surface area (Å²) in [6.45, 7) is 9.02. The Hall–Kier alpha value is -2.00. The average Bonchev–Trinajstić information content (AvgIpc) is 2.48. The molecule has 22 heavy (non-hydrogen) atoms. The fourth-order valence-electron chi connectivity index (χ4n) is 2.18. The standard InChI is InChI=1S/C19H28N2O/c1-6-8-14-20-22-18-12-9-11-16(3)19(18)17(10-7-2)13-15-21(4)5/h7-12,14,20H,2,6,13,15H2,1,3-5H3/b14-8+,17-10-. The number of rotatable bonds is 9. The summed E-state index contributed by atoms with van der Waals surface area (Å²) in [7, 11) is 4.16. The van der Waals surface area contributed by atoms with Gasteiger partial charge in [0.2, 0.25) is 0 Å². The predicted molar refractivity (Wildman–Crippen MR) is 95.7 cm³/mol. The van der Waals surface area contributed by atoms with Crippen molar-refractivity contribution in [1.29, 1.82) is 0 Å². The lowest BCUT2D eigenvalue weighted by molar-refractivity contribution is 0.241. The van der Waals surface area contributed by atoms with Gasteiger partial charge < -0.3 is 9.74 Å². The highest BCUT2D eigenvalue weighted by molar-refractivity contribution is 5.74. The number of benzene rings is 1. The van der Waals surface area contributed by atoms with E-state index in [9.17, 15) is 0 Å². The lowest BCUT2D eigenvalue weighted by Crippen LogP contribution is -2.15. The summed E-state index contributed by atoms with van der Waals surface area (Å²) in [6.07, 6.45) is 9.67. The van der Waals surface area contributed by atoms with E-state index in [4.69, 9.17) is 4.84 Å². The van der Waals surface area contributed by atoms with Gasteiger partial charge in [-0.25, -0.2) is 5.48 Å². The first-order valence-corrected chi connectivity index (χ1v) is 7.73. The first-order valence-electron chi connectivity index (χ1n) is 7.73. The van der Waals surface area contributed by atoms with Crippen LogP contribution in [0.1, 0.15) is 30.9 Å². The quantitative estimate of drug-likeness (QED) is 0.543. The summed E-state index contributed by atoms with van der Waals surface area (Å²) >= 11 is 0. The third-order valence-corrected chi connectivity index (χ3v) is 3.29. The van der Waals surface area contributed by atoms with Crippen molar-refractivity contribution in [2.45, 2.75) is 26.7 Å². The molecule has 0 bridgehead atoms. The van der Waals surface area contributed by atoms with Crippen LogP contribution in [0.5, 0.6) is 5.75 Å². The van der Waals surface area contributed by atoms with Crippen LogP contribution in [0.3, 0.4) is 0 Å². The van der Waals surface area contributed by atoms with Gasteiger partial charge in [0.25, 0.3) is 0 Å². The topological polar surface area (TPSA) is 24.5 Å². The fraction of sp³-hybridized carbons (Fsp3) is 0.368. The summed E-state index contributed by atoms with van der Waals surface area (Å²) in [5.74, 6) is 0.840. The van der Waals surface area contributed by atoms with Crippen LogP contribution in [0.2, 0.25) is 0 Å². The van der Waals surface area contributed by atoms with Crippen molar-refractivity contribution in [3.05, 3.63) is 60.3 Å². The molecule has 0 fully saturated rings. The van der Waals surface area contributed by atoms with Gasteiger partial charge in [-0.3, -0.25) is 0 Å². The van der Waals surface area contributed by atoms with E-state index in [1.54, 1.807) is 0 Å². The highest BCUT2D eigenvalue weighted by Crippen LogP contribution is 2.31. The SMILES string of the molecule is C=C/C=C(/CCN(C)C)c1c(C)cccc1ON/C=C/CC. The summed E-state index contributed by atoms with van der Waals surface area (Å²) in [4.78, 5) is 7.91. The molecule has 0 amide bonds. The summed E-state index contributed by atoms with van der Waals surface area (Å²) in [5.41, 5.74) is 6.46. The molecule has 0 spiro atoms. The highest BCUT2D eigenvalue weighted by Gasteiger charge is 2.12. The van der Waals surface area contributed by atoms with Crippen molar-refractivity contribution in [2.24, 2.45) is 0 Å². The third kappa shape index (κ3) is 5.78. The molecule has 1 rings (SSSR count). The van der Waals surface area contributed by atoms with E-state index in [0.29, 0.717) is 0 Å². The van der Waals surface area contributed by atoms with Crippen molar-refractivity contribution >= 4 is 5.57 Å². The van der Waals surface area contributed by atoms with Crippen molar-refractivity contribution in [3.8, 4) is 5.75 Å². The Morgan fingerprint density at radius 1 is 1.36 bits per heavy atom. The second-order valence-corrected chi connectivity index (χ2v) is 5.46. The minimum absolute atomic E-state index is 0.840.